The average molecular weight is 408 g/mol. The third-order valence-corrected chi connectivity index (χ3v) is 4.70. The molecule has 0 bridgehead atoms. The SMILES string of the molecule is CN(C(=O)COC(=O)c1nc(Cl)c(Cl)c(Cl)c1Cl)c1ccccc1. The fourth-order valence-electron chi connectivity index (χ4n) is 1.71. The Kier molecular flexibility index (Phi) is 6.29. The van der Waals surface area contributed by atoms with Gasteiger partial charge < -0.3 is 9.64 Å². The number of rotatable bonds is 4. The molecule has 1 heterocycles. The van der Waals surface area contributed by atoms with E-state index in [1.165, 1.54) is 4.90 Å². The number of benzene rings is 1. The fourth-order valence-corrected chi connectivity index (χ4v) is 2.52. The van der Waals surface area contributed by atoms with Crippen molar-refractivity contribution in [3.8, 4) is 0 Å². The molecule has 0 spiro atoms. The van der Waals surface area contributed by atoms with E-state index in [4.69, 9.17) is 51.1 Å². The number of para-hydroxylation sites is 1. The lowest BCUT2D eigenvalue weighted by Crippen LogP contribution is -2.31. The number of likely N-dealkylation sites (N-methyl/N-ethyl adjacent to an activating group) is 1. The molecule has 1 amide bonds. The van der Waals surface area contributed by atoms with Crippen molar-refractivity contribution >= 4 is 64.0 Å². The van der Waals surface area contributed by atoms with Crippen molar-refractivity contribution < 1.29 is 14.3 Å². The molecule has 126 valence electrons. The molecule has 1 aromatic heterocycles. The lowest BCUT2D eigenvalue weighted by Gasteiger charge is -2.17. The Labute approximate surface area is 158 Å². The lowest BCUT2D eigenvalue weighted by atomic mass is 10.3. The van der Waals surface area contributed by atoms with E-state index in [0.717, 1.165) is 0 Å². The maximum Gasteiger partial charge on any atom is 0.359 e. The van der Waals surface area contributed by atoms with Gasteiger partial charge in [-0.25, -0.2) is 9.78 Å². The number of aromatic nitrogens is 1. The second-order valence-corrected chi connectivity index (χ2v) is 6.05. The first kappa shape index (κ1) is 18.8. The van der Waals surface area contributed by atoms with E-state index in [2.05, 4.69) is 4.98 Å². The number of nitrogens with zero attached hydrogens (tertiary/aromatic N) is 2. The predicted octanol–water partition coefficient (Wildman–Crippen LogP) is 4.52. The van der Waals surface area contributed by atoms with Gasteiger partial charge in [0.25, 0.3) is 5.91 Å². The van der Waals surface area contributed by atoms with Gasteiger partial charge in [0, 0.05) is 12.7 Å². The molecule has 0 N–H and O–H groups in total. The summed E-state index contributed by atoms with van der Waals surface area (Å²) in [5, 5.41) is -0.566. The van der Waals surface area contributed by atoms with Crippen LogP contribution in [0.4, 0.5) is 5.69 Å². The molecule has 2 aromatic rings. The maximum atomic E-state index is 12.1. The summed E-state index contributed by atoms with van der Waals surface area (Å²) in [6.45, 7) is -0.500. The number of hydrogen-bond donors (Lipinski definition) is 0. The number of ether oxygens (including phenoxy) is 1. The van der Waals surface area contributed by atoms with Gasteiger partial charge in [0.05, 0.1) is 15.1 Å². The summed E-state index contributed by atoms with van der Waals surface area (Å²) in [4.78, 5) is 29.2. The number of amides is 1. The maximum absolute atomic E-state index is 12.1. The summed E-state index contributed by atoms with van der Waals surface area (Å²) in [5.41, 5.74) is 0.346. The van der Waals surface area contributed by atoms with Gasteiger partial charge in [-0.2, -0.15) is 0 Å². The molecule has 1 aromatic carbocycles. The van der Waals surface area contributed by atoms with Crippen LogP contribution in [0.25, 0.3) is 0 Å². The summed E-state index contributed by atoms with van der Waals surface area (Å²) >= 11 is 23.3. The van der Waals surface area contributed by atoms with E-state index >= 15 is 0 Å². The van der Waals surface area contributed by atoms with Crippen LogP contribution in [0.1, 0.15) is 10.5 Å². The van der Waals surface area contributed by atoms with Crippen LogP contribution >= 0.6 is 46.4 Å². The van der Waals surface area contributed by atoms with Crippen molar-refractivity contribution in [1.29, 1.82) is 0 Å². The number of carbonyl (C=O) groups is 2. The van der Waals surface area contributed by atoms with Crippen molar-refractivity contribution in [2.75, 3.05) is 18.6 Å². The molecule has 9 heteroatoms. The van der Waals surface area contributed by atoms with Gasteiger partial charge in [0.1, 0.15) is 5.15 Å². The molecule has 0 fully saturated rings. The van der Waals surface area contributed by atoms with Crippen LogP contribution in [0.3, 0.4) is 0 Å². The smallest absolute Gasteiger partial charge is 0.359 e. The second-order valence-electron chi connectivity index (χ2n) is 4.56. The average Bonchev–Trinajstić information content (AvgIpc) is 2.60. The first-order valence-electron chi connectivity index (χ1n) is 6.51. The normalized spacial score (nSPS) is 10.4. The highest BCUT2D eigenvalue weighted by Gasteiger charge is 2.22. The Hall–Kier alpha value is -1.53. The minimum absolute atomic E-state index is 0.0697. The van der Waals surface area contributed by atoms with Crippen molar-refractivity contribution in [2.24, 2.45) is 0 Å². The Bertz CT molecular complexity index is 784. The third kappa shape index (κ3) is 4.11. The highest BCUT2D eigenvalue weighted by Crippen LogP contribution is 2.36. The number of carbonyl (C=O) groups excluding carboxylic acids is 2. The Morgan fingerprint density at radius 1 is 1.04 bits per heavy atom. The van der Waals surface area contributed by atoms with E-state index in [1.807, 2.05) is 6.07 Å². The summed E-state index contributed by atoms with van der Waals surface area (Å²) in [5.74, 6) is -1.37. The third-order valence-electron chi connectivity index (χ3n) is 3.02. The predicted molar refractivity (Wildman–Crippen MR) is 94.4 cm³/mol. The largest absolute Gasteiger partial charge is 0.451 e. The number of halogens is 4. The molecule has 5 nitrogen and oxygen atoms in total. The molecule has 0 aliphatic rings. The monoisotopic (exact) mass is 406 g/mol. The van der Waals surface area contributed by atoms with Gasteiger partial charge in [-0.3, -0.25) is 4.79 Å². The molecule has 0 aliphatic carbocycles. The minimum atomic E-state index is -0.935. The van der Waals surface area contributed by atoms with Crippen LogP contribution < -0.4 is 4.90 Å². The van der Waals surface area contributed by atoms with Crippen molar-refractivity contribution in [3.63, 3.8) is 0 Å². The number of hydrogen-bond acceptors (Lipinski definition) is 4. The van der Waals surface area contributed by atoms with Gasteiger partial charge in [-0.05, 0) is 12.1 Å². The zero-order valence-corrected chi connectivity index (χ0v) is 15.2. The Morgan fingerprint density at radius 2 is 1.67 bits per heavy atom. The van der Waals surface area contributed by atoms with E-state index in [0.29, 0.717) is 5.69 Å². The molecule has 0 saturated heterocycles. The van der Waals surface area contributed by atoms with Crippen LogP contribution in [0, 0.1) is 0 Å². The molecule has 0 saturated carbocycles. The summed E-state index contributed by atoms with van der Waals surface area (Å²) < 4.78 is 4.93. The first-order valence-corrected chi connectivity index (χ1v) is 8.02. The number of esters is 1. The quantitative estimate of drug-likeness (QED) is 0.552. The van der Waals surface area contributed by atoms with Gasteiger partial charge in [0.2, 0.25) is 0 Å². The van der Waals surface area contributed by atoms with Crippen molar-refractivity contribution in [3.05, 3.63) is 56.2 Å². The van der Waals surface area contributed by atoms with Crippen LogP contribution in [-0.4, -0.2) is 30.5 Å². The van der Waals surface area contributed by atoms with Gasteiger partial charge in [-0.1, -0.05) is 64.6 Å². The molecule has 0 atom stereocenters. The highest BCUT2D eigenvalue weighted by molar-refractivity contribution is 6.52. The fraction of sp³-hybridized carbons (Fsp3) is 0.133. The van der Waals surface area contributed by atoms with E-state index in [1.54, 1.807) is 31.3 Å². The lowest BCUT2D eigenvalue weighted by molar-refractivity contribution is -0.121. The van der Waals surface area contributed by atoms with Crippen molar-refractivity contribution in [2.45, 2.75) is 0 Å². The van der Waals surface area contributed by atoms with Crippen LogP contribution in [-0.2, 0) is 9.53 Å². The van der Waals surface area contributed by atoms with E-state index in [9.17, 15) is 9.59 Å². The summed E-state index contributed by atoms with van der Waals surface area (Å²) in [6, 6.07) is 8.89. The van der Waals surface area contributed by atoms with Crippen molar-refractivity contribution in [1.82, 2.24) is 4.98 Å². The summed E-state index contributed by atoms with van der Waals surface area (Å²) in [7, 11) is 1.56. The topological polar surface area (TPSA) is 59.5 Å². The van der Waals surface area contributed by atoms with Crippen LogP contribution in [0.5, 0.6) is 0 Å². The molecule has 0 unspecified atom stereocenters. The minimum Gasteiger partial charge on any atom is -0.451 e. The van der Waals surface area contributed by atoms with Gasteiger partial charge in [0.15, 0.2) is 12.3 Å². The number of anilines is 1. The molecule has 0 radical (unpaired) electrons. The zero-order chi connectivity index (χ0) is 17.9. The highest BCUT2D eigenvalue weighted by atomic mass is 35.5. The zero-order valence-electron chi connectivity index (χ0n) is 12.2. The first-order chi connectivity index (χ1) is 11.3. The number of pyridine rings is 1. The Morgan fingerprint density at radius 3 is 2.29 bits per heavy atom. The summed E-state index contributed by atoms with van der Waals surface area (Å²) in [6.07, 6.45) is 0. The van der Waals surface area contributed by atoms with Gasteiger partial charge >= 0.3 is 5.97 Å². The van der Waals surface area contributed by atoms with Crippen LogP contribution in [0.2, 0.25) is 20.2 Å². The van der Waals surface area contributed by atoms with E-state index in [-0.39, 0.29) is 25.9 Å². The molecular weight excluding hydrogens is 398 g/mol. The molecule has 0 aliphatic heterocycles. The van der Waals surface area contributed by atoms with Gasteiger partial charge in [-0.15, -0.1) is 0 Å². The van der Waals surface area contributed by atoms with E-state index < -0.39 is 18.5 Å². The standard InChI is InChI=1S/C15H10Cl4N2O3/c1-21(8-5-3-2-4-6-8)9(22)7-24-15(23)13-11(17)10(16)12(18)14(19)20-13/h2-6H,7H2,1H3. The molecule has 2 rings (SSSR count). The molecular formula is C15H10Cl4N2O3. The Balaban J connectivity index is 2.07. The second kappa shape index (κ2) is 8.03. The molecule has 24 heavy (non-hydrogen) atoms. The van der Waals surface area contributed by atoms with Crippen LogP contribution in [0.15, 0.2) is 30.3 Å².